The molecule has 0 aromatic heterocycles. The summed E-state index contributed by atoms with van der Waals surface area (Å²) in [4.78, 5) is 0. The number of hydrogen-bond donors (Lipinski definition) is 1. The molecule has 0 saturated heterocycles. The number of rotatable bonds is 5. The van der Waals surface area contributed by atoms with Crippen molar-refractivity contribution in [3.05, 3.63) is 59.7 Å². The second kappa shape index (κ2) is 6.18. The molecular formula is C15H15F2NO. The highest BCUT2D eigenvalue weighted by Gasteiger charge is 2.06. The molecule has 4 heteroatoms. The zero-order valence-corrected chi connectivity index (χ0v) is 10.6. The van der Waals surface area contributed by atoms with Crippen molar-refractivity contribution in [2.45, 2.75) is 13.0 Å². The molecule has 2 aromatic carbocycles. The molecule has 2 rings (SSSR count). The van der Waals surface area contributed by atoms with Gasteiger partial charge < -0.3 is 10.1 Å². The van der Waals surface area contributed by atoms with Crippen molar-refractivity contribution in [3.8, 4) is 5.75 Å². The van der Waals surface area contributed by atoms with Gasteiger partial charge in [0.05, 0.1) is 7.11 Å². The monoisotopic (exact) mass is 263 g/mol. The molecule has 0 bridgehead atoms. The average Bonchev–Trinajstić information content (AvgIpc) is 2.46. The molecule has 0 aliphatic rings. The molecule has 0 heterocycles. The Bertz CT molecular complexity index is 526. The van der Waals surface area contributed by atoms with Gasteiger partial charge in [0.15, 0.2) is 0 Å². The Kier molecular flexibility index (Phi) is 4.34. The number of nitrogens with one attached hydrogen (secondary N) is 1. The van der Waals surface area contributed by atoms with Crippen LogP contribution in [0.1, 0.15) is 17.6 Å². The molecule has 0 spiro atoms. The van der Waals surface area contributed by atoms with E-state index in [0.29, 0.717) is 6.54 Å². The van der Waals surface area contributed by atoms with Crippen molar-refractivity contribution >= 4 is 5.69 Å². The lowest BCUT2D eigenvalue weighted by molar-refractivity contribution is 0.151. The first-order valence-electron chi connectivity index (χ1n) is 5.94. The molecule has 0 fully saturated rings. The second-order valence-electron chi connectivity index (χ2n) is 4.13. The number of anilines is 1. The molecular weight excluding hydrogens is 248 g/mol. The summed E-state index contributed by atoms with van der Waals surface area (Å²) < 4.78 is 30.2. The Morgan fingerprint density at radius 1 is 1.11 bits per heavy atom. The van der Waals surface area contributed by atoms with Crippen LogP contribution in [0.15, 0.2) is 48.5 Å². The van der Waals surface area contributed by atoms with Gasteiger partial charge in [-0.1, -0.05) is 18.2 Å². The van der Waals surface area contributed by atoms with Crippen molar-refractivity contribution in [1.29, 1.82) is 0 Å². The van der Waals surface area contributed by atoms with E-state index in [-0.39, 0.29) is 5.56 Å². The molecule has 0 radical (unpaired) electrons. The quantitative estimate of drug-likeness (QED) is 0.871. The predicted molar refractivity (Wildman–Crippen MR) is 71.7 cm³/mol. The van der Waals surface area contributed by atoms with Gasteiger partial charge in [0.25, 0.3) is 6.43 Å². The Morgan fingerprint density at radius 3 is 2.47 bits per heavy atom. The lowest BCUT2D eigenvalue weighted by atomic mass is 10.1. The molecule has 0 atom stereocenters. The van der Waals surface area contributed by atoms with Crippen LogP contribution in [-0.2, 0) is 6.54 Å². The predicted octanol–water partition coefficient (Wildman–Crippen LogP) is 4.24. The maximum Gasteiger partial charge on any atom is 0.263 e. The molecule has 2 aromatic rings. The van der Waals surface area contributed by atoms with E-state index < -0.39 is 6.43 Å². The Labute approximate surface area is 111 Å². The first-order valence-corrected chi connectivity index (χ1v) is 5.94. The van der Waals surface area contributed by atoms with Gasteiger partial charge in [-0.05, 0) is 35.9 Å². The fraction of sp³-hybridized carbons (Fsp3) is 0.200. The van der Waals surface area contributed by atoms with Crippen LogP contribution in [0, 0.1) is 0 Å². The first kappa shape index (κ1) is 13.3. The lowest BCUT2D eigenvalue weighted by Gasteiger charge is -2.08. The summed E-state index contributed by atoms with van der Waals surface area (Å²) in [5, 5.41) is 3.18. The summed E-state index contributed by atoms with van der Waals surface area (Å²) in [6.45, 7) is 0.507. The summed E-state index contributed by atoms with van der Waals surface area (Å²) in [6.07, 6.45) is -2.43. The Balaban J connectivity index is 1.99. The van der Waals surface area contributed by atoms with E-state index in [1.165, 1.54) is 12.1 Å². The Morgan fingerprint density at radius 2 is 1.84 bits per heavy atom. The van der Waals surface area contributed by atoms with Crippen LogP contribution in [-0.4, -0.2) is 7.11 Å². The van der Waals surface area contributed by atoms with Gasteiger partial charge >= 0.3 is 0 Å². The van der Waals surface area contributed by atoms with E-state index in [9.17, 15) is 8.78 Å². The lowest BCUT2D eigenvalue weighted by Crippen LogP contribution is -2.00. The maximum atomic E-state index is 12.6. The van der Waals surface area contributed by atoms with Crippen molar-refractivity contribution in [2.75, 3.05) is 12.4 Å². The van der Waals surface area contributed by atoms with Crippen LogP contribution < -0.4 is 10.1 Å². The molecule has 0 aliphatic heterocycles. The van der Waals surface area contributed by atoms with Gasteiger partial charge in [-0.25, -0.2) is 8.78 Å². The van der Waals surface area contributed by atoms with Gasteiger partial charge in [-0.2, -0.15) is 0 Å². The zero-order chi connectivity index (χ0) is 13.7. The SMILES string of the molecule is COc1ccc(NCc2cccc(C(F)F)c2)cc1. The van der Waals surface area contributed by atoms with Gasteiger partial charge in [0.2, 0.25) is 0 Å². The number of ether oxygens (including phenoxy) is 1. The largest absolute Gasteiger partial charge is 0.497 e. The zero-order valence-electron chi connectivity index (χ0n) is 10.6. The van der Waals surface area contributed by atoms with E-state index in [4.69, 9.17) is 4.74 Å². The molecule has 1 N–H and O–H groups in total. The molecule has 100 valence electrons. The van der Waals surface area contributed by atoms with Gasteiger partial charge in [0, 0.05) is 17.8 Å². The minimum atomic E-state index is -2.43. The topological polar surface area (TPSA) is 21.3 Å². The van der Waals surface area contributed by atoms with E-state index in [1.807, 2.05) is 30.3 Å². The van der Waals surface area contributed by atoms with Crippen molar-refractivity contribution in [1.82, 2.24) is 0 Å². The third-order valence-corrected chi connectivity index (χ3v) is 2.79. The highest BCUT2D eigenvalue weighted by Crippen LogP contribution is 2.20. The average molecular weight is 263 g/mol. The van der Waals surface area contributed by atoms with Crippen LogP contribution in [0.25, 0.3) is 0 Å². The van der Waals surface area contributed by atoms with E-state index >= 15 is 0 Å². The van der Waals surface area contributed by atoms with Crippen molar-refractivity contribution < 1.29 is 13.5 Å². The molecule has 0 aliphatic carbocycles. The van der Waals surface area contributed by atoms with E-state index in [0.717, 1.165) is 17.0 Å². The number of hydrogen-bond acceptors (Lipinski definition) is 2. The van der Waals surface area contributed by atoms with Crippen molar-refractivity contribution in [2.24, 2.45) is 0 Å². The second-order valence-corrected chi connectivity index (χ2v) is 4.13. The van der Waals surface area contributed by atoms with Gasteiger partial charge in [-0.15, -0.1) is 0 Å². The van der Waals surface area contributed by atoms with Crippen LogP contribution >= 0.6 is 0 Å². The summed E-state index contributed by atoms with van der Waals surface area (Å²) in [5.41, 5.74) is 1.80. The fourth-order valence-electron chi connectivity index (χ4n) is 1.75. The molecule has 2 nitrogen and oxygen atoms in total. The third-order valence-electron chi connectivity index (χ3n) is 2.79. The van der Waals surface area contributed by atoms with Gasteiger partial charge in [0.1, 0.15) is 5.75 Å². The molecule has 19 heavy (non-hydrogen) atoms. The standard InChI is InChI=1S/C15H15F2NO/c1-19-14-7-5-13(6-8-14)18-10-11-3-2-4-12(9-11)15(16)17/h2-9,15,18H,10H2,1H3. The van der Waals surface area contributed by atoms with Crippen LogP contribution in [0.5, 0.6) is 5.75 Å². The summed E-state index contributed by atoms with van der Waals surface area (Å²) >= 11 is 0. The highest BCUT2D eigenvalue weighted by atomic mass is 19.3. The molecule has 0 unspecified atom stereocenters. The summed E-state index contributed by atoms with van der Waals surface area (Å²) in [6, 6.07) is 13.9. The summed E-state index contributed by atoms with van der Waals surface area (Å²) in [7, 11) is 1.61. The summed E-state index contributed by atoms with van der Waals surface area (Å²) in [5.74, 6) is 0.783. The van der Waals surface area contributed by atoms with Crippen molar-refractivity contribution in [3.63, 3.8) is 0 Å². The minimum Gasteiger partial charge on any atom is -0.497 e. The van der Waals surface area contributed by atoms with E-state index in [2.05, 4.69) is 5.32 Å². The van der Waals surface area contributed by atoms with Crippen LogP contribution in [0.2, 0.25) is 0 Å². The number of benzene rings is 2. The van der Waals surface area contributed by atoms with E-state index in [1.54, 1.807) is 13.2 Å². The fourth-order valence-corrected chi connectivity index (χ4v) is 1.75. The van der Waals surface area contributed by atoms with Crippen LogP contribution in [0.4, 0.5) is 14.5 Å². The first-order chi connectivity index (χ1) is 9.19. The highest BCUT2D eigenvalue weighted by molar-refractivity contribution is 5.46. The van der Waals surface area contributed by atoms with Gasteiger partial charge in [-0.3, -0.25) is 0 Å². The number of methoxy groups -OCH3 is 1. The maximum absolute atomic E-state index is 12.6. The smallest absolute Gasteiger partial charge is 0.263 e. The normalized spacial score (nSPS) is 10.5. The minimum absolute atomic E-state index is 0.0500. The molecule has 0 saturated carbocycles. The number of halogens is 2. The number of alkyl halides is 2. The third kappa shape index (κ3) is 3.68. The molecule has 0 amide bonds. The van der Waals surface area contributed by atoms with Crippen LogP contribution in [0.3, 0.4) is 0 Å². The Hall–Kier alpha value is -2.10.